The van der Waals surface area contributed by atoms with E-state index in [1.807, 2.05) is 53.1 Å². The summed E-state index contributed by atoms with van der Waals surface area (Å²) in [5, 5.41) is 2.91. The molecule has 0 aliphatic rings. The highest BCUT2D eigenvalue weighted by Crippen LogP contribution is 2.30. The van der Waals surface area contributed by atoms with E-state index in [9.17, 15) is 9.18 Å². The van der Waals surface area contributed by atoms with E-state index in [1.165, 1.54) is 6.07 Å². The zero-order valence-corrected chi connectivity index (χ0v) is 17.4. The zero-order valence-electron chi connectivity index (χ0n) is 17.4. The predicted octanol–water partition coefficient (Wildman–Crippen LogP) is 4.13. The van der Waals surface area contributed by atoms with E-state index in [4.69, 9.17) is 5.73 Å². The minimum Gasteiger partial charge on any atom is -0.383 e. The molecule has 0 atom stereocenters. The lowest BCUT2D eigenvalue weighted by Gasteiger charge is -2.11. The van der Waals surface area contributed by atoms with Gasteiger partial charge in [0.1, 0.15) is 17.2 Å². The average Bonchev–Trinajstić information content (AvgIpc) is 3.22. The number of fused-ring (bicyclic) bond motifs is 1. The number of rotatable bonds is 5. The molecule has 0 unspecified atom stereocenters. The summed E-state index contributed by atoms with van der Waals surface area (Å²) < 4.78 is 15.6. The van der Waals surface area contributed by atoms with Gasteiger partial charge in [0.25, 0.3) is 5.91 Å². The Bertz CT molecular complexity index is 1450. The highest BCUT2D eigenvalue weighted by molar-refractivity contribution is 5.94. The van der Waals surface area contributed by atoms with Crippen molar-refractivity contribution in [2.45, 2.75) is 6.54 Å². The van der Waals surface area contributed by atoms with E-state index in [2.05, 4.69) is 20.3 Å². The van der Waals surface area contributed by atoms with Crippen molar-refractivity contribution in [1.29, 1.82) is 0 Å². The van der Waals surface area contributed by atoms with Gasteiger partial charge in [-0.25, -0.2) is 19.3 Å². The Morgan fingerprint density at radius 3 is 2.55 bits per heavy atom. The van der Waals surface area contributed by atoms with Crippen LogP contribution in [0.2, 0.25) is 0 Å². The van der Waals surface area contributed by atoms with Crippen LogP contribution in [0.4, 0.5) is 10.2 Å². The zero-order chi connectivity index (χ0) is 22.8. The van der Waals surface area contributed by atoms with Gasteiger partial charge in [-0.3, -0.25) is 9.36 Å². The van der Waals surface area contributed by atoms with Crippen molar-refractivity contribution >= 4 is 22.9 Å². The number of halogens is 1. The number of aromatic nitrogens is 4. The van der Waals surface area contributed by atoms with Gasteiger partial charge in [-0.05, 0) is 42.0 Å². The van der Waals surface area contributed by atoms with Gasteiger partial charge in [-0.15, -0.1) is 0 Å². The molecule has 0 bridgehead atoms. The van der Waals surface area contributed by atoms with Crippen LogP contribution in [0.25, 0.3) is 28.2 Å². The molecule has 3 heterocycles. The van der Waals surface area contributed by atoms with Crippen molar-refractivity contribution < 1.29 is 9.18 Å². The first kappa shape index (κ1) is 20.3. The van der Waals surface area contributed by atoms with Gasteiger partial charge in [0.15, 0.2) is 11.5 Å². The number of carbonyl (C=O) groups excluding carboxylic acids is 1. The first-order chi connectivity index (χ1) is 16.1. The number of carbonyl (C=O) groups is 1. The minimum absolute atomic E-state index is 0.138. The summed E-state index contributed by atoms with van der Waals surface area (Å²) in [5.41, 5.74) is 9.93. The number of anilines is 1. The molecule has 0 fully saturated rings. The van der Waals surface area contributed by atoms with Crippen molar-refractivity contribution in [2.24, 2.45) is 0 Å². The summed E-state index contributed by atoms with van der Waals surface area (Å²) in [7, 11) is 0. The molecule has 33 heavy (non-hydrogen) atoms. The van der Waals surface area contributed by atoms with Crippen molar-refractivity contribution in [3.63, 3.8) is 0 Å². The summed E-state index contributed by atoms with van der Waals surface area (Å²) >= 11 is 0. The van der Waals surface area contributed by atoms with Crippen molar-refractivity contribution in [2.75, 3.05) is 5.73 Å². The number of nitrogens with one attached hydrogen (secondary N) is 1. The fourth-order valence-electron chi connectivity index (χ4n) is 3.61. The SMILES string of the molecule is Nc1ncccc1-c1nc2cc(F)cnc2n1-c1ccc(CNC(=O)c2ccccc2)cc1. The van der Waals surface area contributed by atoms with Gasteiger partial charge in [0.2, 0.25) is 0 Å². The van der Waals surface area contributed by atoms with E-state index in [0.29, 0.717) is 40.5 Å². The summed E-state index contributed by atoms with van der Waals surface area (Å²) in [6, 6.07) is 21.6. The van der Waals surface area contributed by atoms with E-state index < -0.39 is 5.82 Å². The number of benzene rings is 2. The molecule has 5 rings (SSSR count). The van der Waals surface area contributed by atoms with Crippen LogP contribution < -0.4 is 11.1 Å². The molecule has 0 saturated carbocycles. The van der Waals surface area contributed by atoms with Crippen molar-refractivity contribution in [3.8, 4) is 17.1 Å². The predicted molar refractivity (Wildman–Crippen MR) is 124 cm³/mol. The lowest BCUT2D eigenvalue weighted by molar-refractivity contribution is 0.0951. The lowest BCUT2D eigenvalue weighted by atomic mass is 10.1. The molecule has 5 aromatic rings. The average molecular weight is 438 g/mol. The maximum atomic E-state index is 13.8. The quantitative estimate of drug-likeness (QED) is 0.430. The van der Waals surface area contributed by atoms with Gasteiger partial charge >= 0.3 is 0 Å². The monoisotopic (exact) mass is 438 g/mol. The molecule has 8 heteroatoms. The van der Waals surface area contributed by atoms with Crippen molar-refractivity contribution in [3.05, 3.63) is 102 Å². The molecule has 0 aliphatic carbocycles. The molecule has 0 saturated heterocycles. The second kappa shape index (κ2) is 8.51. The Kier molecular flexibility index (Phi) is 5.24. The highest BCUT2D eigenvalue weighted by atomic mass is 19.1. The molecule has 162 valence electrons. The van der Waals surface area contributed by atoms with Crippen LogP contribution in [-0.2, 0) is 6.54 Å². The first-order valence-corrected chi connectivity index (χ1v) is 10.3. The number of amides is 1. The molecule has 3 N–H and O–H groups in total. The van der Waals surface area contributed by atoms with Crippen molar-refractivity contribution in [1.82, 2.24) is 24.8 Å². The van der Waals surface area contributed by atoms with E-state index in [0.717, 1.165) is 17.4 Å². The minimum atomic E-state index is -0.470. The maximum Gasteiger partial charge on any atom is 0.251 e. The lowest BCUT2D eigenvalue weighted by Crippen LogP contribution is -2.22. The Morgan fingerprint density at radius 2 is 1.79 bits per heavy atom. The topological polar surface area (TPSA) is 98.7 Å². The van der Waals surface area contributed by atoms with E-state index in [-0.39, 0.29) is 5.91 Å². The number of pyridine rings is 2. The van der Waals surface area contributed by atoms with Gasteiger partial charge in [0, 0.05) is 30.1 Å². The summed E-state index contributed by atoms with van der Waals surface area (Å²) in [4.78, 5) is 25.3. The number of nitrogens with two attached hydrogens (primary N) is 1. The Balaban J connectivity index is 1.48. The molecule has 3 aromatic heterocycles. The number of nitrogen functional groups attached to an aromatic ring is 1. The third-order valence-electron chi connectivity index (χ3n) is 5.23. The van der Waals surface area contributed by atoms with Crippen LogP contribution in [0.1, 0.15) is 15.9 Å². The second-order valence-electron chi connectivity index (χ2n) is 7.42. The van der Waals surface area contributed by atoms with Crippen LogP contribution in [0.15, 0.2) is 85.2 Å². The normalized spacial score (nSPS) is 10.9. The number of nitrogens with zero attached hydrogens (tertiary/aromatic N) is 4. The summed E-state index contributed by atoms with van der Waals surface area (Å²) in [6.07, 6.45) is 2.76. The Labute approximate surface area is 188 Å². The Hall–Kier alpha value is -4.59. The van der Waals surface area contributed by atoms with Gasteiger partial charge < -0.3 is 11.1 Å². The molecule has 0 aliphatic heterocycles. The molecular weight excluding hydrogens is 419 g/mol. The smallest absolute Gasteiger partial charge is 0.251 e. The van der Waals surface area contributed by atoms with E-state index in [1.54, 1.807) is 24.4 Å². The standard InChI is InChI=1S/C25H19FN6O/c26-18-13-21-24(29-15-18)32(23(31-21)20-7-4-12-28-22(20)27)19-10-8-16(9-11-19)14-30-25(33)17-5-2-1-3-6-17/h1-13,15H,14H2,(H2,27,28)(H,30,33). The summed E-state index contributed by atoms with van der Waals surface area (Å²) in [6.45, 7) is 0.380. The number of hydrogen-bond acceptors (Lipinski definition) is 5. The van der Waals surface area contributed by atoms with Crippen LogP contribution >= 0.6 is 0 Å². The third-order valence-corrected chi connectivity index (χ3v) is 5.23. The second-order valence-corrected chi connectivity index (χ2v) is 7.42. The third kappa shape index (κ3) is 4.01. The molecule has 0 spiro atoms. The first-order valence-electron chi connectivity index (χ1n) is 10.3. The molecule has 7 nitrogen and oxygen atoms in total. The molecule has 1 amide bonds. The molecule has 0 radical (unpaired) electrons. The number of imidazole rings is 1. The van der Waals surface area contributed by atoms with Crippen LogP contribution in [0, 0.1) is 5.82 Å². The molecule has 2 aromatic carbocycles. The fraction of sp³-hybridized carbons (Fsp3) is 0.0400. The van der Waals surface area contributed by atoms with E-state index >= 15 is 0 Å². The largest absolute Gasteiger partial charge is 0.383 e. The van der Waals surface area contributed by atoms with Crippen LogP contribution in [0.5, 0.6) is 0 Å². The van der Waals surface area contributed by atoms with Crippen LogP contribution in [-0.4, -0.2) is 25.4 Å². The number of hydrogen-bond donors (Lipinski definition) is 2. The Morgan fingerprint density at radius 1 is 1.00 bits per heavy atom. The van der Waals surface area contributed by atoms with Crippen LogP contribution in [0.3, 0.4) is 0 Å². The van der Waals surface area contributed by atoms with Gasteiger partial charge in [-0.2, -0.15) is 0 Å². The van der Waals surface area contributed by atoms with Gasteiger partial charge in [0.05, 0.1) is 11.8 Å². The summed E-state index contributed by atoms with van der Waals surface area (Å²) in [5.74, 6) is 0.219. The highest BCUT2D eigenvalue weighted by Gasteiger charge is 2.18. The fourth-order valence-corrected chi connectivity index (χ4v) is 3.61. The molecular formula is C25H19FN6O. The van der Waals surface area contributed by atoms with Gasteiger partial charge in [-0.1, -0.05) is 30.3 Å². The maximum absolute atomic E-state index is 13.8.